The van der Waals surface area contributed by atoms with Crippen LogP contribution in [0, 0.1) is 18.8 Å². The van der Waals surface area contributed by atoms with E-state index in [9.17, 15) is 14.7 Å². The number of rotatable bonds is 7. The van der Waals surface area contributed by atoms with Crippen molar-refractivity contribution in [1.82, 2.24) is 0 Å². The molecule has 1 aliphatic carbocycles. The van der Waals surface area contributed by atoms with Crippen molar-refractivity contribution in [2.75, 3.05) is 0 Å². The molecule has 3 unspecified atom stereocenters. The van der Waals surface area contributed by atoms with Gasteiger partial charge in [0.1, 0.15) is 0 Å². The molecule has 5 heteroatoms. The van der Waals surface area contributed by atoms with E-state index < -0.39 is 17.9 Å². The van der Waals surface area contributed by atoms with Gasteiger partial charge in [-0.25, -0.2) is 4.79 Å². The zero-order valence-corrected chi connectivity index (χ0v) is 17.6. The number of aliphatic hydroxyl groups is 1. The highest BCUT2D eigenvalue weighted by molar-refractivity contribution is 7.12. The Morgan fingerprint density at radius 1 is 1.14 bits per heavy atom. The highest BCUT2D eigenvalue weighted by Crippen LogP contribution is 2.50. The molecule has 1 aromatic heterocycles. The number of ketones is 1. The minimum atomic E-state index is -0.929. The van der Waals surface area contributed by atoms with Gasteiger partial charge in [-0.05, 0) is 56.2 Å². The van der Waals surface area contributed by atoms with Gasteiger partial charge in [0.2, 0.25) is 5.78 Å². The first-order chi connectivity index (χ1) is 14.0. The quantitative estimate of drug-likeness (QED) is 0.643. The van der Waals surface area contributed by atoms with Crippen LogP contribution in [0.4, 0.5) is 0 Å². The Balaban J connectivity index is 1.63. The molecule has 0 bridgehead atoms. The Bertz CT molecular complexity index is 939. The van der Waals surface area contributed by atoms with E-state index in [1.807, 2.05) is 56.3 Å². The van der Waals surface area contributed by atoms with Crippen LogP contribution < -0.4 is 0 Å². The predicted molar refractivity (Wildman–Crippen MR) is 113 cm³/mol. The number of cyclic esters (lactones) is 1. The maximum Gasteiger partial charge on any atom is 0.339 e. The molecule has 1 saturated carbocycles. The fraction of sp³-hybridized carbons (Fsp3) is 0.417. The number of esters is 1. The molecule has 3 atom stereocenters. The summed E-state index contributed by atoms with van der Waals surface area (Å²) in [6.45, 7) is 3.99. The van der Waals surface area contributed by atoms with E-state index in [1.165, 1.54) is 0 Å². The summed E-state index contributed by atoms with van der Waals surface area (Å²) in [6, 6.07) is 13.9. The first-order valence-corrected chi connectivity index (χ1v) is 11.1. The molecule has 1 aliphatic heterocycles. The number of hydrogen-bond acceptors (Lipinski definition) is 5. The first-order valence-electron chi connectivity index (χ1n) is 10.3. The van der Waals surface area contributed by atoms with Crippen molar-refractivity contribution in [1.29, 1.82) is 0 Å². The van der Waals surface area contributed by atoms with Gasteiger partial charge in [-0.15, -0.1) is 11.3 Å². The van der Waals surface area contributed by atoms with Crippen molar-refractivity contribution in [2.24, 2.45) is 11.8 Å². The minimum absolute atomic E-state index is 0.158. The van der Waals surface area contributed by atoms with Gasteiger partial charge in [-0.1, -0.05) is 37.3 Å². The van der Waals surface area contributed by atoms with E-state index in [1.54, 1.807) is 11.3 Å². The zero-order chi connectivity index (χ0) is 20.5. The van der Waals surface area contributed by atoms with Gasteiger partial charge in [0.15, 0.2) is 11.9 Å². The summed E-state index contributed by atoms with van der Waals surface area (Å²) in [5.74, 6) is -1.52. The number of hydrogen-bond donors (Lipinski definition) is 1. The molecule has 0 saturated heterocycles. The van der Waals surface area contributed by atoms with Crippen LogP contribution in [0.2, 0.25) is 0 Å². The van der Waals surface area contributed by atoms with Gasteiger partial charge in [-0.2, -0.15) is 0 Å². The molecule has 1 aromatic carbocycles. The topological polar surface area (TPSA) is 63.6 Å². The lowest BCUT2D eigenvalue weighted by Gasteiger charge is -2.31. The second kappa shape index (κ2) is 8.15. The lowest BCUT2D eigenvalue weighted by atomic mass is 9.83. The number of aryl methyl sites for hydroxylation is 1. The molecule has 0 amide bonds. The number of thiophene rings is 1. The minimum Gasteiger partial charge on any atom is -0.504 e. The largest absolute Gasteiger partial charge is 0.504 e. The summed E-state index contributed by atoms with van der Waals surface area (Å²) in [4.78, 5) is 28.2. The molecule has 1 N–H and O–H groups in total. The molecule has 29 heavy (non-hydrogen) atoms. The van der Waals surface area contributed by atoms with E-state index in [0.717, 1.165) is 28.2 Å². The molecule has 0 radical (unpaired) electrons. The van der Waals surface area contributed by atoms with Gasteiger partial charge < -0.3 is 9.84 Å². The maximum absolute atomic E-state index is 13.1. The SMILES string of the molecule is CCC(Cc1ccccc1)C1OC(=O)C(C(c2ccc(C)s2)C2CC2)=C(O)C1=O. The van der Waals surface area contributed by atoms with Crippen molar-refractivity contribution in [2.45, 2.75) is 51.6 Å². The summed E-state index contributed by atoms with van der Waals surface area (Å²) >= 11 is 1.61. The second-order valence-electron chi connectivity index (χ2n) is 8.07. The molecule has 4 nitrogen and oxygen atoms in total. The van der Waals surface area contributed by atoms with Gasteiger partial charge in [0.05, 0.1) is 5.57 Å². The van der Waals surface area contributed by atoms with Gasteiger partial charge in [-0.3, -0.25) is 4.79 Å². The number of benzene rings is 1. The van der Waals surface area contributed by atoms with Crippen molar-refractivity contribution in [3.63, 3.8) is 0 Å². The van der Waals surface area contributed by atoms with Crippen LogP contribution in [-0.2, 0) is 20.7 Å². The summed E-state index contributed by atoms with van der Waals surface area (Å²) in [7, 11) is 0. The number of Topliss-reactive ketones (excluding diaryl/α,β-unsaturated/α-hetero) is 1. The lowest BCUT2D eigenvalue weighted by molar-refractivity contribution is -0.158. The number of ether oxygens (including phenoxy) is 1. The maximum atomic E-state index is 13.1. The standard InChI is InChI=1S/C24H26O4S/c1-3-16(13-15-7-5-4-6-8-15)23-22(26)21(25)20(24(27)28-23)19(17-10-11-17)18-12-9-14(2)29-18/h4-9,12,16-17,19,23,25H,3,10-11,13H2,1-2H3. The van der Waals surface area contributed by atoms with Gasteiger partial charge in [0.25, 0.3) is 0 Å². The van der Waals surface area contributed by atoms with Crippen LogP contribution in [0.15, 0.2) is 53.8 Å². The van der Waals surface area contributed by atoms with Crippen molar-refractivity contribution < 1.29 is 19.4 Å². The third-order valence-corrected chi connectivity index (χ3v) is 7.05. The molecule has 2 heterocycles. The molecule has 2 aliphatic rings. The summed E-state index contributed by atoms with van der Waals surface area (Å²) in [6.07, 6.45) is 2.36. The fourth-order valence-corrected chi connectivity index (χ4v) is 5.30. The van der Waals surface area contributed by atoms with Crippen LogP contribution in [0.5, 0.6) is 0 Å². The summed E-state index contributed by atoms with van der Waals surface area (Å²) in [5, 5.41) is 10.8. The van der Waals surface area contributed by atoms with E-state index in [4.69, 9.17) is 4.74 Å². The number of carbonyl (C=O) groups is 2. The Hall–Kier alpha value is -2.40. The summed E-state index contributed by atoms with van der Waals surface area (Å²) in [5.41, 5.74) is 1.24. The molecule has 4 rings (SSSR count). The van der Waals surface area contributed by atoms with Gasteiger partial charge in [0, 0.05) is 21.6 Å². The van der Waals surface area contributed by atoms with E-state index in [-0.39, 0.29) is 29.1 Å². The smallest absolute Gasteiger partial charge is 0.339 e. The first kappa shape index (κ1) is 19.9. The third kappa shape index (κ3) is 4.01. The summed E-state index contributed by atoms with van der Waals surface area (Å²) < 4.78 is 5.69. The Morgan fingerprint density at radius 3 is 2.45 bits per heavy atom. The monoisotopic (exact) mass is 410 g/mol. The molecular formula is C24H26O4S. The molecule has 152 valence electrons. The van der Waals surface area contributed by atoms with E-state index >= 15 is 0 Å². The molecule has 2 aromatic rings. The number of carbonyl (C=O) groups excluding carboxylic acids is 2. The van der Waals surface area contributed by atoms with Crippen LogP contribution in [0.25, 0.3) is 0 Å². The molecular weight excluding hydrogens is 384 g/mol. The fourth-order valence-electron chi connectivity index (χ4n) is 4.22. The Kier molecular flexibility index (Phi) is 5.59. The Labute approximate surface area is 175 Å². The predicted octanol–water partition coefficient (Wildman–Crippen LogP) is 5.13. The van der Waals surface area contributed by atoms with Gasteiger partial charge >= 0.3 is 5.97 Å². The van der Waals surface area contributed by atoms with Crippen LogP contribution >= 0.6 is 11.3 Å². The van der Waals surface area contributed by atoms with Crippen molar-refractivity contribution in [3.8, 4) is 0 Å². The molecule has 1 fully saturated rings. The average molecular weight is 411 g/mol. The van der Waals surface area contributed by atoms with Crippen LogP contribution in [0.3, 0.4) is 0 Å². The highest BCUT2D eigenvalue weighted by Gasteiger charge is 2.47. The van der Waals surface area contributed by atoms with Crippen molar-refractivity contribution >= 4 is 23.1 Å². The van der Waals surface area contributed by atoms with Crippen LogP contribution in [0.1, 0.15) is 47.4 Å². The number of aliphatic hydroxyl groups excluding tert-OH is 1. The highest BCUT2D eigenvalue weighted by atomic mass is 32.1. The normalized spacial score (nSPS) is 21.8. The van der Waals surface area contributed by atoms with E-state index in [0.29, 0.717) is 12.8 Å². The lowest BCUT2D eigenvalue weighted by Crippen LogP contribution is -2.42. The van der Waals surface area contributed by atoms with Crippen LogP contribution in [-0.4, -0.2) is 23.0 Å². The molecule has 0 spiro atoms. The average Bonchev–Trinajstić information content (AvgIpc) is 3.47. The Morgan fingerprint density at radius 2 is 1.86 bits per heavy atom. The zero-order valence-electron chi connectivity index (χ0n) is 16.8. The second-order valence-corrected chi connectivity index (χ2v) is 9.39. The van der Waals surface area contributed by atoms with E-state index in [2.05, 4.69) is 0 Å². The van der Waals surface area contributed by atoms with Crippen molar-refractivity contribution in [3.05, 3.63) is 69.1 Å². The third-order valence-electron chi connectivity index (χ3n) is 5.97.